The van der Waals surface area contributed by atoms with Crippen molar-refractivity contribution >= 4 is 11.8 Å². The van der Waals surface area contributed by atoms with Gasteiger partial charge in [-0.2, -0.15) is 0 Å². The number of aromatic amines is 1. The van der Waals surface area contributed by atoms with E-state index >= 15 is 0 Å². The number of carbonyl (C=O) groups is 2. The molecule has 0 aromatic carbocycles. The second-order valence-electron chi connectivity index (χ2n) is 8.73. The van der Waals surface area contributed by atoms with Crippen molar-refractivity contribution < 1.29 is 9.59 Å². The number of likely N-dealkylation sites (tertiary alicyclic amines) is 2. The molecule has 1 aromatic heterocycles. The molecular weight excluding hydrogens is 342 g/mol. The first-order valence-electron chi connectivity index (χ1n) is 10.2. The monoisotopic (exact) mass is 371 g/mol. The summed E-state index contributed by atoms with van der Waals surface area (Å²) in [4.78, 5) is 44.6. The Bertz CT molecular complexity index is 800. The number of amides is 2. The molecule has 1 spiro atoms. The number of rotatable bonds is 3. The molecule has 6 heteroatoms. The summed E-state index contributed by atoms with van der Waals surface area (Å²) in [7, 11) is 0. The number of H-pyrrole nitrogens is 1. The average molecular weight is 371 g/mol. The van der Waals surface area contributed by atoms with Gasteiger partial charge in [-0.15, -0.1) is 0 Å². The molecule has 2 aliphatic heterocycles. The fourth-order valence-electron chi connectivity index (χ4n) is 5.07. The fraction of sp³-hybridized carbons (Fsp3) is 0.667. The maximum atomic E-state index is 13.2. The molecule has 0 unspecified atom stereocenters. The second kappa shape index (κ2) is 6.80. The summed E-state index contributed by atoms with van der Waals surface area (Å²) in [5, 5.41) is 0. The molecule has 146 valence electrons. The van der Waals surface area contributed by atoms with E-state index in [9.17, 15) is 14.4 Å². The Balaban J connectivity index is 1.51. The van der Waals surface area contributed by atoms with Gasteiger partial charge in [0.2, 0.25) is 11.5 Å². The van der Waals surface area contributed by atoms with Crippen LogP contribution in [0, 0.1) is 25.2 Å². The number of aryl methyl sites for hydroxylation is 2. The van der Waals surface area contributed by atoms with Crippen LogP contribution in [0.25, 0.3) is 0 Å². The van der Waals surface area contributed by atoms with Gasteiger partial charge >= 0.3 is 0 Å². The second-order valence-corrected chi connectivity index (χ2v) is 8.73. The van der Waals surface area contributed by atoms with E-state index in [2.05, 4.69) is 9.88 Å². The van der Waals surface area contributed by atoms with E-state index in [0.29, 0.717) is 35.8 Å². The van der Waals surface area contributed by atoms with Crippen molar-refractivity contribution in [3.63, 3.8) is 0 Å². The van der Waals surface area contributed by atoms with E-state index < -0.39 is 5.41 Å². The molecule has 0 radical (unpaired) electrons. The molecule has 3 fully saturated rings. The van der Waals surface area contributed by atoms with Crippen molar-refractivity contribution in [2.75, 3.05) is 26.2 Å². The highest BCUT2D eigenvalue weighted by Gasteiger charge is 2.50. The topological polar surface area (TPSA) is 73.5 Å². The first-order chi connectivity index (χ1) is 12.9. The minimum Gasteiger partial charge on any atom is -0.342 e. The van der Waals surface area contributed by atoms with E-state index in [-0.39, 0.29) is 17.4 Å². The normalized spacial score (nSPS) is 25.9. The molecule has 1 N–H and O–H groups in total. The van der Waals surface area contributed by atoms with Crippen molar-refractivity contribution in [1.29, 1.82) is 0 Å². The Morgan fingerprint density at radius 1 is 1.19 bits per heavy atom. The van der Waals surface area contributed by atoms with Crippen LogP contribution < -0.4 is 5.56 Å². The first kappa shape index (κ1) is 18.3. The van der Waals surface area contributed by atoms with Crippen LogP contribution in [0.4, 0.5) is 0 Å². The van der Waals surface area contributed by atoms with Gasteiger partial charge in [0.15, 0.2) is 0 Å². The van der Waals surface area contributed by atoms with Gasteiger partial charge in [0.05, 0.1) is 11.0 Å². The lowest BCUT2D eigenvalue weighted by molar-refractivity contribution is -0.146. The summed E-state index contributed by atoms with van der Waals surface area (Å²) in [5.41, 5.74) is 1.29. The number of carbonyl (C=O) groups excluding carboxylic acids is 2. The summed E-state index contributed by atoms with van der Waals surface area (Å²) < 4.78 is 0. The Hall–Kier alpha value is -2.11. The van der Waals surface area contributed by atoms with Crippen molar-refractivity contribution in [3.8, 4) is 0 Å². The molecule has 0 bridgehead atoms. The van der Waals surface area contributed by atoms with Gasteiger partial charge in [-0.25, -0.2) is 0 Å². The maximum absolute atomic E-state index is 13.2. The van der Waals surface area contributed by atoms with E-state index in [0.717, 1.165) is 32.4 Å². The van der Waals surface area contributed by atoms with Crippen molar-refractivity contribution in [2.45, 2.75) is 52.4 Å². The number of hydrogen-bond acceptors (Lipinski definition) is 3. The van der Waals surface area contributed by atoms with E-state index in [1.807, 2.05) is 4.90 Å². The van der Waals surface area contributed by atoms with Crippen molar-refractivity contribution in [1.82, 2.24) is 14.8 Å². The summed E-state index contributed by atoms with van der Waals surface area (Å²) in [6, 6.07) is 1.47. The van der Waals surface area contributed by atoms with E-state index in [1.54, 1.807) is 13.8 Å². The van der Waals surface area contributed by atoms with E-state index in [1.165, 1.54) is 25.3 Å². The number of pyridine rings is 1. The Labute approximate surface area is 159 Å². The van der Waals surface area contributed by atoms with Crippen molar-refractivity contribution in [3.05, 3.63) is 33.2 Å². The molecule has 2 saturated heterocycles. The Morgan fingerprint density at radius 2 is 1.96 bits per heavy atom. The molecule has 4 rings (SSSR count). The smallest absolute Gasteiger partial charge is 0.255 e. The van der Waals surface area contributed by atoms with Gasteiger partial charge in [0.25, 0.3) is 5.91 Å². The van der Waals surface area contributed by atoms with Gasteiger partial charge in [-0.3, -0.25) is 14.4 Å². The van der Waals surface area contributed by atoms with Crippen LogP contribution in [-0.4, -0.2) is 52.8 Å². The Kier molecular flexibility index (Phi) is 4.60. The van der Waals surface area contributed by atoms with Gasteiger partial charge < -0.3 is 14.8 Å². The number of nitrogens with zero attached hydrogens (tertiary/aromatic N) is 2. The zero-order chi connectivity index (χ0) is 19.2. The molecule has 6 nitrogen and oxygen atoms in total. The van der Waals surface area contributed by atoms with Crippen LogP contribution in [-0.2, 0) is 4.79 Å². The lowest BCUT2D eigenvalue weighted by atomic mass is 9.77. The maximum Gasteiger partial charge on any atom is 0.255 e. The number of aromatic nitrogens is 1. The van der Waals surface area contributed by atoms with Gasteiger partial charge in [-0.1, -0.05) is 6.42 Å². The molecule has 3 aliphatic rings. The predicted octanol–water partition coefficient (Wildman–Crippen LogP) is 2.25. The zero-order valence-electron chi connectivity index (χ0n) is 16.3. The SMILES string of the molecule is Cc1cc(=O)[nH]c(C)c1C(=O)N1CC[C@]2(CCCN(CC3CCC3)C2=O)C1. The average Bonchev–Trinajstić information content (AvgIpc) is 2.99. The predicted molar refractivity (Wildman–Crippen MR) is 103 cm³/mol. The zero-order valence-corrected chi connectivity index (χ0v) is 16.3. The number of piperidine rings is 1. The molecule has 1 aromatic rings. The minimum atomic E-state index is -0.401. The highest BCUT2D eigenvalue weighted by molar-refractivity contribution is 5.97. The fourth-order valence-corrected chi connectivity index (χ4v) is 5.07. The highest BCUT2D eigenvalue weighted by atomic mass is 16.2. The molecule has 27 heavy (non-hydrogen) atoms. The van der Waals surface area contributed by atoms with Crippen LogP contribution in [0.3, 0.4) is 0 Å². The molecule has 1 aliphatic carbocycles. The largest absolute Gasteiger partial charge is 0.342 e. The third-order valence-electron chi connectivity index (χ3n) is 6.81. The molecular formula is C21H29N3O3. The minimum absolute atomic E-state index is 0.0676. The molecule has 3 heterocycles. The Morgan fingerprint density at radius 3 is 2.63 bits per heavy atom. The number of hydrogen-bond donors (Lipinski definition) is 1. The lowest BCUT2D eigenvalue weighted by Gasteiger charge is -2.42. The van der Waals surface area contributed by atoms with Crippen LogP contribution in [0.1, 0.15) is 60.1 Å². The van der Waals surface area contributed by atoms with Crippen LogP contribution in [0.2, 0.25) is 0 Å². The standard InChI is InChI=1S/C21H29N3O3/c1-14-11-17(25)22-15(2)18(14)19(26)24-10-8-21(13-24)7-4-9-23(20(21)27)12-16-5-3-6-16/h11,16H,3-10,12-13H2,1-2H3,(H,22,25)/t21-/m1/s1. The van der Waals surface area contributed by atoms with Gasteiger partial charge in [0.1, 0.15) is 0 Å². The third-order valence-corrected chi connectivity index (χ3v) is 6.81. The van der Waals surface area contributed by atoms with E-state index in [4.69, 9.17) is 0 Å². The third kappa shape index (κ3) is 3.19. The van der Waals surface area contributed by atoms with Crippen molar-refractivity contribution in [2.24, 2.45) is 11.3 Å². The number of nitrogens with one attached hydrogen (secondary N) is 1. The summed E-state index contributed by atoms with van der Waals surface area (Å²) >= 11 is 0. The summed E-state index contributed by atoms with van der Waals surface area (Å²) in [5.74, 6) is 0.864. The highest BCUT2D eigenvalue weighted by Crippen LogP contribution is 2.41. The lowest BCUT2D eigenvalue weighted by Crippen LogP contribution is -2.52. The van der Waals surface area contributed by atoms with Crippen LogP contribution >= 0.6 is 0 Å². The van der Waals surface area contributed by atoms with Gasteiger partial charge in [0, 0.05) is 37.9 Å². The van der Waals surface area contributed by atoms with Crippen LogP contribution in [0.15, 0.2) is 10.9 Å². The molecule has 1 saturated carbocycles. The van der Waals surface area contributed by atoms with Gasteiger partial charge in [-0.05, 0) is 57.4 Å². The molecule has 2 amide bonds. The summed E-state index contributed by atoms with van der Waals surface area (Å²) in [6.45, 7) is 6.44. The van der Waals surface area contributed by atoms with Crippen LogP contribution in [0.5, 0.6) is 0 Å². The first-order valence-corrected chi connectivity index (χ1v) is 10.2. The quantitative estimate of drug-likeness (QED) is 0.886. The summed E-state index contributed by atoms with van der Waals surface area (Å²) in [6.07, 6.45) is 6.42. The molecule has 1 atom stereocenters.